The first-order chi connectivity index (χ1) is 15.7. The van der Waals surface area contributed by atoms with E-state index in [2.05, 4.69) is 5.43 Å². The van der Waals surface area contributed by atoms with Crippen molar-refractivity contribution < 1.29 is 23.9 Å². The van der Waals surface area contributed by atoms with E-state index in [4.69, 9.17) is 9.47 Å². The minimum absolute atomic E-state index is 0.00612. The molecule has 0 spiro atoms. The van der Waals surface area contributed by atoms with Gasteiger partial charge in [-0.2, -0.15) is 0 Å². The first-order valence-corrected chi connectivity index (χ1v) is 10.1. The van der Waals surface area contributed by atoms with E-state index in [0.717, 1.165) is 21.7 Å². The smallest absolute Gasteiger partial charge is 0.429 e. The average molecular weight is 432 g/mol. The normalized spacial score (nSPS) is 11.1. The lowest BCUT2D eigenvalue weighted by Crippen LogP contribution is -2.53. The van der Waals surface area contributed by atoms with Crippen molar-refractivity contribution in [1.29, 1.82) is 0 Å². The Labute approximate surface area is 186 Å². The summed E-state index contributed by atoms with van der Waals surface area (Å²) in [6.07, 6.45) is -0.943. The standard InChI is InChI=1S/C25H24N2O5/c28-17-23(16-20-10-4-1-5-11-20)27(25(30)32-19-22-14-8-3-9-15-22)26-24(29)31-18-21-12-6-2-7-13-21/h1-15,17,23H,16,18-19H2,(H,26,29)/t23-/m1/s1. The summed E-state index contributed by atoms with van der Waals surface area (Å²) in [4.78, 5) is 37.0. The van der Waals surface area contributed by atoms with E-state index >= 15 is 0 Å². The number of carbonyl (C=O) groups excluding carboxylic acids is 3. The maximum absolute atomic E-state index is 12.8. The molecule has 0 aromatic heterocycles. The predicted molar refractivity (Wildman–Crippen MR) is 118 cm³/mol. The molecule has 0 radical (unpaired) electrons. The third-order valence-electron chi connectivity index (χ3n) is 4.60. The highest BCUT2D eigenvalue weighted by Crippen LogP contribution is 2.10. The van der Waals surface area contributed by atoms with Gasteiger partial charge in [-0.3, -0.25) is 0 Å². The second kappa shape index (κ2) is 11.9. The van der Waals surface area contributed by atoms with Crippen molar-refractivity contribution in [3.05, 3.63) is 108 Å². The fourth-order valence-corrected chi connectivity index (χ4v) is 2.96. The van der Waals surface area contributed by atoms with Gasteiger partial charge in [0, 0.05) is 6.42 Å². The average Bonchev–Trinajstić information content (AvgIpc) is 2.85. The van der Waals surface area contributed by atoms with Crippen molar-refractivity contribution in [3.63, 3.8) is 0 Å². The van der Waals surface area contributed by atoms with Crippen molar-refractivity contribution >= 4 is 18.5 Å². The summed E-state index contributed by atoms with van der Waals surface area (Å²) >= 11 is 0. The molecule has 2 amide bonds. The van der Waals surface area contributed by atoms with Crippen LogP contribution in [0.3, 0.4) is 0 Å². The zero-order chi connectivity index (χ0) is 22.6. The summed E-state index contributed by atoms with van der Waals surface area (Å²) in [7, 11) is 0. The SMILES string of the molecule is O=C[C@@H](Cc1ccccc1)N(NC(=O)OCc1ccccc1)C(=O)OCc1ccccc1. The minimum Gasteiger partial charge on any atom is -0.443 e. The molecular formula is C25H24N2O5. The number of hydrogen-bond acceptors (Lipinski definition) is 5. The molecule has 7 nitrogen and oxygen atoms in total. The van der Waals surface area contributed by atoms with Gasteiger partial charge in [0.15, 0.2) is 0 Å². The Morgan fingerprint density at radius 2 is 1.22 bits per heavy atom. The molecule has 7 heteroatoms. The van der Waals surface area contributed by atoms with E-state index in [9.17, 15) is 14.4 Å². The molecule has 3 rings (SSSR count). The Morgan fingerprint density at radius 3 is 1.72 bits per heavy atom. The van der Waals surface area contributed by atoms with Crippen LogP contribution < -0.4 is 5.43 Å². The zero-order valence-electron chi connectivity index (χ0n) is 17.4. The van der Waals surface area contributed by atoms with Gasteiger partial charge in [0.05, 0.1) is 0 Å². The summed E-state index contributed by atoms with van der Waals surface area (Å²) in [6, 6.07) is 26.4. The Hall–Kier alpha value is -4.13. The third-order valence-corrected chi connectivity index (χ3v) is 4.60. The molecule has 164 valence electrons. The number of carbonyl (C=O) groups is 3. The minimum atomic E-state index is -0.982. The van der Waals surface area contributed by atoms with Crippen LogP contribution in [-0.2, 0) is 33.9 Å². The lowest BCUT2D eigenvalue weighted by atomic mass is 10.1. The number of nitrogens with one attached hydrogen (secondary N) is 1. The third kappa shape index (κ3) is 6.98. The van der Waals surface area contributed by atoms with Gasteiger partial charge in [-0.1, -0.05) is 91.0 Å². The van der Waals surface area contributed by atoms with Gasteiger partial charge in [-0.05, 0) is 16.7 Å². The van der Waals surface area contributed by atoms with Gasteiger partial charge in [-0.15, -0.1) is 0 Å². The molecule has 0 aliphatic rings. The monoisotopic (exact) mass is 432 g/mol. The molecule has 0 heterocycles. The fourth-order valence-electron chi connectivity index (χ4n) is 2.96. The number of nitrogens with zero attached hydrogens (tertiary/aromatic N) is 1. The largest absolute Gasteiger partial charge is 0.443 e. The number of rotatable bonds is 8. The number of hydrogen-bond donors (Lipinski definition) is 1. The zero-order valence-corrected chi connectivity index (χ0v) is 17.4. The molecule has 3 aromatic carbocycles. The molecule has 0 aliphatic heterocycles. The highest BCUT2D eigenvalue weighted by Gasteiger charge is 2.28. The van der Waals surface area contributed by atoms with Crippen LogP contribution in [0.4, 0.5) is 9.59 Å². The molecule has 0 saturated carbocycles. The van der Waals surface area contributed by atoms with Crippen LogP contribution in [0, 0.1) is 0 Å². The predicted octanol–water partition coefficient (Wildman–Crippen LogP) is 4.28. The lowest BCUT2D eigenvalue weighted by molar-refractivity contribution is -0.112. The lowest BCUT2D eigenvalue weighted by Gasteiger charge is -2.27. The molecule has 0 bridgehead atoms. The Kier molecular flexibility index (Phi) is 8.39. The Morgan fingerprint density at radius 1 is 0.750 bits per heavy atom. The van der Waals surface area contributed by atoms with Crippen LogP contribution in [0.2, 0.25) is 0 Å². The second-order valence-corrected chi connectivity index (χ2v) is 6.98. The van der Waals surface area contributed by atoms with Crippen molar-refractivity contribution in [3.8, 4) is 0 Å². The highest BCUT2D eigenvalue weighted by atomic mass is 16.6. The van der Waals surface area contributed by atoms with Crippen molar-refractivity contribution in [2.75, 3.05) is 0 Å². The van der Waals surface area contributed by atoms with Crippen LogP contribution >= 0.6 is 0 Å². The maximum atomic E-state index is 12.8. The molecule has 1 N–H and O–H groups in total. The Balaban J connectivity index is 1.68. The van der Waals surface area contributed by atoms with Gasteiger partial charge in [0.1, 0.15) is 25.5 Å². The fraction of sp³-hybridized carbons (Fsp3) is 0.160. The van der Waals surface area contributed by atoms with Gasteiger partial charge in [-0.25, -0.2) is 20.0 Å². The first-order valence-electron chi connectivity index (χ1n) is 10.1. The summed E-state index contributed by atoms with van der Waals surface area (Å²) in [6.45, 7) is 0.0118. The molecule has 32 heavy (non-hydrogen) atoms. The number of amides is 2. The quantitative estimate of drug-likeness (QED) is 0.424. The summed E-state index contributed by atoms with van der Waals surface area (Å²) < 4.78 is 10.5. The van der Waals surface area contributed by atoms with Crippen LogP contribution in [0.1, 0.15) is 16.7 Å². The second-order valence-electron chi connectivity index (χ2n) is 6.98. The van der Waals surface area contributed by atoms with Crippen LogP contribution in [0.25, 0.3) is 0 Å². The molecule has 1 atom stereocenters. The summed E-state index contributed by atoms with van der Waals surface area (Å²) in [5.74, 6) is 0. The van der Waals surface area contributed by atoms with Crippen molar-refractivity contribution in [2.24, 2.45) is 0 Å². The maximum Gasteiger partial charge on any atom is 0.429 e. The van der Waals surface area contributed by atoms with E-state index in [1.807, 2.05) is 78.9 Å². The molecule has 0 aliphatic carbocycles. The Bertz CT molecular complexity index is 997. The van der Waals surface area contributed by atoms with Crippen molar-refractivity contribution in [1.82, 2.24) is 10.4 Å². The molecule has 0 saturated heterocycles. The van der Waals surface area contributed by atoms with Crippen molar-refractivity contribution in [2.45, 2.75) is 25.7 Å². The summed E-state index contributed by atoms with van der Waals surface area (Å²) in [5.41, 5.74) is 4.75. The summed E-state index contributed by atoms with van der Waals surface area (Å²) in [5, 5.41) is 0.871. The van der Waals surface area contributed by atoms with Crippen LogP contribution in [-0.4, -0.2) is 29.5 Å². The van der Waals surface area contributed by atoms with E-state index in [1.54, 1.807) is 12.1 Å². The van der Waals surface area contributed by atoms with E-state index in [-0.39, 0.29) is 19.6 Å². The number of benzene rings is 3. The van der Waals surface area contributed by atoms with E-state index < -0.39 is 18.2 Å². The molecule has 0 fully saturated rings. The number of aldehydes is 1. The van der Waals surface area contributed by atoms with Gasteiger partial charge < -0.3 is 14.3 Å². The van der Waals surface area contributed by atoms with Gasteiger partial charge >= 0.3 is 12.2 Å². The molecular weight excluding hydrogens is 408 g/mol. The van der Waals surface area contributed by atoms with Crippen LogP contribution in [0.15, 0.2) is 91.0 Å². The number of ether oxygens (including phenoxy) is 2. The highest BCUT2D eigenvalue weighted by molar-refractivity contribution is 5.77. The first kappa shape index (κ1) is 22.6. The van der Waals surface area contributed by atoms with Gasteiger partial charge in [0.2, 0.25) is 0 Å². The molecule has 0 unspecified atom stereocenters. The number of hydrazine groups is 1. The van der Waals surface area contributed by atoms with Gasteiger partial charge in [0.25, 0.3) is 0 Å². The van der Waals surface area contributed by atoms with E-state index in [1.165, 1.54) is 0 Å². The molecule has 3 aromatic rings. The topological polar surface area (TPSA) is 84.9 Å². The van der Waals surface area contributed by atoms with Crippen LogP contribution in [0.5, 0.6) is 0 Å². The van der Waals surface area contributed by atoms with E-state index in [0.29, 0.717) is 6.29 Å².